The Bertz CT molecular complexity index is 1470. The van der Waals surface area contributed by atoms with E-state index in [0.29, 0.717) is 10.6 Å². The van der Waals surface area contributed by atoms with E-state index in [9.17, 15) is 14.7 Å². The Kier molecular flexibility index (Phi) is 5.41. The number of fused-ring (bicyclic) bond motifs is 1. The summed E-state index contributed by atoms with van der Waals surface area (Å²) in [5.74, 6) is -0.589. The smallest absolute Gasteiger partial charge is 0.335 e. The molecule has 30 heavy (non-hydrogen) atoms. The van der Waals surface area contributed by atoms with Crippen molar-refractivity contribution in [2.75, 3.05) is 0 Å². The highest BCUT2D eigenvalue weighted by Crippen LogP contribution is 2.31. The molecule has 11 heteroatoms. The second-order valence-corrected chi connectivity index (χ2v) is 8.14. The molecule has 0 fully saturated rings. The molecule has 0 radical (unpaired) electrons. The number of thioether (sulfide) groups is 1. The van der Waals surface area contributed by atoms with Crippen molar-refractivity contribution in [2.24, 2.45) is 4.99 Å². The number of hydrogen-bond donors (Lipinski definition) is 2. The van der Waals surface area contributed by atoms with Crippen molar-refractivity contribution >= 4 is 56.3 Å². The second-order valence-electron chi connectivity index (χ2n) is 5.86. The number of nitriles is 1. The molecule has 0 atom stereocenters. The number of nitrogens with one attached hydrogen (secondary N) is 1. The Morgan fingerprint density at radius 1 is 1.30 bits per heavy atom. The van der Waals surface area contributed by atoms with Gasteiger partial charge in [0.05, 0.1) is 20.9 Å². The number of thiocyanates is 1. The number of nitrogens with zero attached hydrogens (tertiary/aromatic N) is 4. The van der Waals surface area contributed by atoms with Crippen LogP contribution in [0.2, 0.25) is 5.02 Å². The molecule has 0 aliphatic heterocycles. The van der Waals surface area contributed by atoms with Crippen LogP contribution in [0.4, 0.5) is 5.13 Å². The van der Waals surface area contributed by atoms with Crippen molar-refractivity contribution in [1.29, 1.82) is 5.26 Å². The van der Waals surface area contributed by atoms with Gasteiger partial charge in [0.2, 0.25) is 11.0 Å². The number of hydrogen-bond acceptors (Lipinski definition) is 8. The lowest BCUT2D eigenvalue weighted by Crippen LogP contribution is -2.31. The highest BCUT2D eigenvalue weighted by atomic mass is 35.5. The van der Waals surface area contributed by atoms with Crippen molar-refractivity contribution in [3.63, 3.8) is 0 Å². The zero-order chi connectivity index (χ0) is 21.3. The predicted octanol–water partition coefficient (Wildman–Crippen LogP) is 3.82. The topological polar surface area (TPSA) is 124 Å². The summed E-state index contributed by atoms with van der Waals surface area (Å²) in [6.45, 7) is 0. The number of para-hydroxylation sites is 1. The van der Waals surface area contributed by atoms with Crippen LogP contribution < -0.4 is 11.2 Å². The van der Waals surface area contributed by atoms with Gasteiger partial charge in [-0.15, -0.1) is 0 Å². The molecule has 0 unspecified atom stereocenters. The summed E-state index contributed by atoms with van der Waals surface area (Å²) in [4.78, 5) is 35.9. The van der Waals surface area contributed by atoms with Crippen molar-refractivity contribution < 1.29 is 5.11 Å². The lowest BCUT2D eigenvalue weighted by atomic mass is 10.3. The Morgan fingerprint density at radius 3 is 2.87 bits per heavy atom. The minimum atomic E-state index is -0.828. The van der Waals surface area contributed by atoms with Gasteiger partial charge in [0.25, 0.3) is 5.56 Å². The van der Waals surface area contributed by atoms with Gasteiger partial charge in [-0.25, -0.2) is 19.3 Å². The molecule has 2 N–H and O–H groups in total. The maximum Gasteiger partial charge on any atom is 0.335 e. The molecule has 148 valence electrons. The summed E-state index contributed by atoms with van der Waals surface area (Å²) in [6.07, 6.45) is 1.14. The molecule has 4 aromatic rings. The first kappa shape index (κ1) is 19.9. The van der Waals surface area contributed by atoms with Crippen molar-refractivity contribution in [1.82, 2.24) is 14.5 Å². The molecule has 2 aromatic heterocycles. The van der Waals surface area contributed by atoms with Crippen LogP contribution in [0, 0.1) is 10.7 Å². The fourth-order valence-corrected chi connectivity index (χ4v) is 4.26. The van der Waals surface area contributed by atoms with Crippen LogP contribution in [0.1, 0.15) is 5.56 Å². The molecule has 0 saturated carbocycles. The summed E-state index contributed by atoms with van der Waals surface area (Å²) >= 11 is 8.42. The van der Waals surface area contributed by atoms with Gasteiger partial charge in [-0.05, 0) is 42.1 Å². The first-order chi connectivity index (χ1) is 14.5. The number of halogens is 1. The number of rotatable bonds is 4. The SMILES string of the molecule is N#CSc1ccc2nc(N=Cc3c(O)n(-c4ccccc4Cl)c(=O)[nH]c3=O)sc2c1. The Labute approximate surface area is 181 Å². The predicted molar refractivity (Wildman–Crippen MR) is 118 cm³/mol. The third-order valence-electron chi connectivity index (χ3n) is 4.03. The summed E-state index contributed by atoms with van der Waals surface area (Å²) in [5.41, 5.74) is -0.929. The zero-order valence-electron chi connectivity index (χ0n) is 14.9. The first-order valence-electron chi connectivity index (χ1n) is 8.31. The van der Waals surface area contributed by atoms with E-state index in [1.165, 1.54) is 17.4 Å². The molecular weight excluding hydrogens is 446 g/mol. The highest BCUT2D eigenvalue weighted by molar-refractivity contribution is 8.03. The van der Waals surface area contributed by atoms with Gasteiger partial charge in [0.1, 0.15) is 11.0 Å². The van der Waals surface area contributed by atoms with E-state index in [1.54, 1.807) is 30.3 Å². The number of thiazole rings is 1. The molecule has 0 amide bonds. The van der Waals surface area contributed by atoms with E-state index in [-0.39, 0.29) is 16.3 Å². The number of aromatic hydroxyl groups is 1. The number of benzene rings is 2. The first-order valence-corrected chi connectivity index (χ1v) is 10.3. The van der Waals surface area contributed by atoms with Gasteiger partial charge in [-0.3, -0.25) is 9.78 Å². The number of aromatic nitrogens is 3. The molecule has 8 nitrogen and oxygen atoms in total. The van der Waals surface area contributed by atoms with E-state index < -0.39 is 17.1 Å². The van der Waals surface area contributed by atoms with E-state index in [0.717, 1.165) is 32.1 Å². The zero-order valence-corrected chi connectivity index (χ0v) is 17.3. The summed E-state index contributed by atoms with van der Waals surface area (Å²) in [7, 11) is 0. The molecule has 0 saturated heterocycles. The Balaban J connectivity index is 1.77. The van der Waals surface area contributed by atoms with Crippen molar-refractivity contribution in [2.45, 2.75) is 4.90 Å². The lowest BCUT2D eigenvalue weighted by Gasteiger charge is -2.10. The van der Waals surface area contributed by atoms with Gasteiger partial charge >= 0.3 is 5.69 Å². The van der Waals surface area contributed by atoms with Gasteiger partial charge in [-0.1, -0.05) is 35.1 Å². The molecule has 2 heterocycles. The summed E-state index contributed by atoms with van der Waals surface area (Å²) in [5, 5.41) is 22.0. The van der Waals surface area contributed by atoms with E-state index in [4.69, 9.17) is 16.9 Å². The average Bonchev–Trinajstić information content (AvgIpc) is 3.11. The van der Waals surface area contributed by atoms with Crippen LogP contribution in [0.25, 0.3) is 15.9 Å². The van der Waals surface area contributed by atoms with Crippen LogP contribution in [0.3, 0.4) is 0 Å². The third-order valence-corrected chi connectivity index (χ3v) is 5.86. The minimum Gasteiger partial charge on any atom is -0.493 e. The average molecular weight is 456 g/mol. The lowest BCUT2D eigenvalue weighted by molar-refractivity contribution is 0.430. The van der Waals surface area contributed by atoms with Crippen molar-refractivity contribution in [3.8, 4) is 17.0 Å². The summed E-state index contributed by atoms with van der Waals surface area (Å²) in [6, 6.07) is 11.8. The van der Waals surface area contributed by atoms with Crippen molar-refractivity contribution in [3.05, 3.63) is 73.9 Å². The second kappa shape index (κ2) is 8.16. The van der Waals surface area contributed by atoms with Crippen LogP contribution in [0.15, 0.2) is 61.9 Å². The monoisotopic (exact) mass is 455 g/mol. The fraction of sp³-hybridized carbons (Fsp3) is 0. The minimum absolute atomic E-state index is 0.213. The maximum atomic E-state index is 12.3. The van der Waals surface area contributed by atoms with E-state index in [2.05, 4.69) is 15.0 Å². The van der Waals surface area contributed by atoms with Crippen LogP contribution in [-0.4, -0.2) is 25.9 Å². The van der Waals surface area contributed by atoms with Gasteiger partial charge in [-0.2, -0.15) is 5.26 Å². The standard InChI is InChI=1S/C19H10ClN5O3S2/c20-12-3-1-2-4-14(12)25-17(27)11(16(26)24-19(25)28)8-22-18-23-13-6-5-10(29-9-21)7-15(13)30-18/h1-8,27H,(H,24,26,28). The highest BCUT2D eigenvalue weighted by Gasteiger charge is 2.16. The molecule has 0 aliphatic rings. The fourth-order valence-electron chi connectivity index (χ4n) is 2.70. The number of H-pyrrole nitrogens is 1. The third kappa shape index (κ3) is 3.73. The van der Waals surface area contributed by atoms with Crippen LogP contribution in [-0.2, 0) is 0 Å². The van der Waals surface area contributed by atoms with E-state index >= 15 is 0 Å². The molecule has 0 spiro atoms. The molecule has 2 aromatic carbocycles. The van der Waals surface area contributed by atoms with Gasteiger partial charge in [0.15, 0.2) is 0 Å². The normalized spacial score (nSPS) is 11.2. The largest absolute Gasteiger partial charge is 0.493 e. The molecule has 4 rings (SSSR count). The number of aliphatic imine (C=N–C) groups is 1. The van der Waals surface area contributed by atoms with Crippen LogP contribution in [0.5, 0.6) is 5.88 Å². The van der Waals surface area contributed by atoms with Gasteiger partial charge in [0, 0.05) is 11.1 Å². The Morgan fingerprint density at radius 2 is 2.10 bits per heavy atom. The maximum absolute atomic E-state index is 12.3. The molecule has 0 aliphatic carbocycles. The quantitative estimate of drug-likeness (QED) is 0.274. The molecule has 0 bridgehead atoms. The summed E-state index contributed by atoms with van der Waals surface area (Å²) < 4.78 is 1.72. The van der Waals surface area contributed by atoms with Crippen LogP contribution >= 0.6 is 34.7 Å². The molecular formula is C19H10ClN5O3S2. The van der Waals surface area contributed by atoms with E-state index in [1.807, 2.05) is 11.5 Å². The van der Waals surface area contributed by atoms with Gasteiger partial charge < -0.3 is 5.11 Å². The Hall–Kier alpha value is -3.39. The number of aromatic amines is 1.